The lowest BCUT2D eigenvalue weighted by Crippen LogP contribution is -2.14. The smallest absolute Gasteiger partial charge is 0.228 e. The van der Waals surface area contributed by atoms with E-state index in [1.807, 2.05) is 13.0 Å². The van der Waals surface area contributed by atoms with Crippen molar-refractivity contribution in [2.75, 3.05) is 5.32 Å². The van der Waals surface area contributed by atoms with Gasteiger partial charge in [0.15, 0.2) is 0 Å². The fraction of sp³-hybridized carbons (Fsp3) is 0.154. The van der Waals surface area contributed by atoms with Crippen molar-refractivity contribution in [3.8, 4) is 0 Å². The molecule has 1 aromatic heterocycles. The Bertz CT molecular complexity index is 534. The Labute approximate surface area is 98.7 Å². The third kappa shape index (κ3) is 2.93. The van der Waals surface area contributed by atoms with E-state index in [1.54, 1.807) is 18.3 Å². The number of halogens is 1. The van der Waals surface area contributed by atoms with Gasteiger partial charge in [0.1, 0.15) is 5.82 Å². The van der Waals surface area contributed by atoms with E-state index in [1.165, 1.54) is 12.1 Å². The number of nitrogens with one attached hydrogen (secondary N) is 2. The molecule has 3 nitrogen and oxygen atoms in total. The second-order valence-electron chi connectivity index (χ2n) is 3.90. The van der Waals surface area contributed by atoms with Crippen LogP contribution in [0.25, 0.3) is 0 Å². The summed E-state index contributed by atoms with van der Waals surface area (Å²) in [7, 11) is 0. The normalized spacial score (nSPS) is 10.2. The van der Waals surface area contributed by atoms with E-state index in [2.05, 4.69) is 10.3 Å². The number of hydrogen-bond donors (Lipinski definition) is 2. The molecule has 0 fully saturated rings. The average Bonchev–Trinajstić information content (AvgIpc) is 2.67. The van der Waals surface area contributed by atoms with Crippen molar-refractivity contribution in [1.29, 1.82) is 0 Å². The van der Waals surface area contributed by atoms with Gasteiger partial charge in [0.2, 0.25) is 5.91 Å². The second-order valence-corrected chi connectivity index (χ2v) is 3.90. The Balaban J connectivity index is 2.01. The van der Waals surface area contributed by atoms with Crippen molar-refractivity contribution in [2.45, 2.75) is 13.3 Å². The molecule has 4 heteroatoms. The molecule has 0 saturated carbocycles. The van der Waals surface area contributed by atoms with Gasteiger partial charge in [-0.25, -0.2) is 4.39 Å². The molecule has 0 aliphatic carbocycles. The fourth-order valence-corrected chi connectivity index (χ4v) is 1.61. The van der Waals surface area contributed by atoms with Crippen LogP contribution < -0.4 is 5.32 Å². The summed E-state index contributed by atoms with van der Waals surface area (Å²) in [6, 6.07) is 8.01. The predicted octanol–water partition coefficient (Wildman–Crippen LogP) is 2.64. The third-order valence-corrected chi connectivity index (χ3v) is 2.40. The van der Waals surface area contributed by atoms with E-state index in [0.29, 0.717) is 0 Å². The zero-order chi connectivity index (χ0) is 12.3. The number of anilines is 1. The number of para-hydroxylation sites is 1. The summed E-state index contributed by atoms with van der Waals surface area (Å²) in [6.07, 6.45) is 2.01. The van der Waals surface area contributed by atoms with Gasteiger partial charge in [-0.05, 0) is 30.7 Å². The number of aryl methyl sites for hydroxylation is 1. The summed E-state index contributed by atoms with van der Waals surface area (Å²) in [5.41, 5.74) is 2.10. The number of rotatable bonds is 3. The fourth-order valence-electron chi connectivity index (χ4n) is 1.61. The van der Waals surface area contributed by atoms with Crippen LogP contribution in [0.3, 0.4) is 0 Å². The van der Waals surface area contributed by atoms with Crippen LogP contribution in [0.15, 0.2) is 36.5 Å². The maximum Gasteiger partial charge on any atom is 0.228 e. The molecule has 0 saturated heterocycles. The quantitative estimate of drug-likeness (QED) is 0.839. The highest BCUT2D eigenvalue weighted by Gasteiger charge is 2.07. The first-order valence-electron chi connectivity index (χ1n) is 5.33. The first kappa shape index (κ1) is 11.4. The van der Waals surface area contributed by atoms with Crippen LogP contribution in [-0.4, -0.2) is 10.9 Å². The van der Waals surface area contributed by atoms with Crippen LogP contribution >= 0.6 is 0 Å². The maximum atomic E-state index is 13.3. The predicted molar refractivity (Wildman–Crippen MR) is 64.3 cm³/mol. The van der Waals surface area contributed by atoms with Crippen LogP contribution in [0.5, 0.6) is 0 Å². The zero-order valence-electron chi connectivity index (χ0n) is 9.46. The Morgan fingerprint density at radius 1 is 1.41 bits per heavy atom. The number of aromatic amines is 1. The monoisotopic (exact) mass is 232 g/mol. The summed E-state index contributed by atoms with van der Waals surface area (Å²) in [5, 5.41) is 2.54. The number of carbonyl (C=O) groups is 1. The molecular formula is C13H13FN2O. The van der Waals surface area contributed by atoms with Crippen molar-refractivity contribution in [1.82, 2.24) is 4.98 Å². The lowest BCUT2D eigenvalue weighted by Gasteiger charge is -2.04. The largest absolute Gasteiger partial charge is 0.365 e. The van der Waals surface area contributed by atoms with Crippen LogP contribution in [0.2, 0.25) is 0 Å². The molecular weight excluding hydrogens is 219 g/mol. The second kappa shape index (κ2) is 4.82. The van der Waals surface area contributed by atoms with Gasteiger partial charge < -0.3 is 10.3 Å². The molecule has 0 atom stereocenters. The Morgan fingerprint density at radius 3 is 2.82 bits per heavy atom. The van der Waals surface area contributed by atoms with Crippen molar-refractivity contribution in [3.05, 3.63) is 53.6 Å². The standard InChI is InChI=1S/C13H13FN2O/c1-9-6-10(8-15-9)7-13(17)16-12-5-3-2-4-11(12)14/h2-6,8,15H,7H2,1H3,(H,16,17). The molecule has 2 N–H and O–H groups in total. The molecule has 0 aliphatic heterocycles. The summed E-state index contributed by atoms with van der Waals surface area (Å²) in [4.78, 5) is 14.6. The van der Waals surface area contributed by atoms with E-state index in [9.17, 15) is 9.18 Å². The minimum Gasteiger partial charge on any atom is -0.365 e. The number of carbonyl (C=O) groups excluding carboxylic acids is 1. The number of aromatic nitrogens is 1. The summed E-state index contributed by atoms with van der Waals surface area (Å²) in [5.74, 6) is -0.653. The van der Waals surface area contributed by atoms with E-state index >= 15 is 0 Å². The van der Waals surface area contributed by atoms with Crippen LogP contribution in [0, 0.1) is 12.7 Å². The molecule has 0 bridgehead atoms. The lowest BCUT2D eigenvalue weighted by atomic mass is 10.2. The average molecular weight is 232 g/mol. The van der Waals surface area contributed by atoms with Gasteiger partial charge in [-0.3, -0.25) is 4.79 Å². The minimum absolute atomic E-state index is 0.213. The Hall–Kier alpha value is -2.10. The van der Waals surface area contributed by atoms with Gasteiger partial charge in [0.05, 0.1) is 12.1 Å². The molecule has 0 spiro atoms. The topological polar surface area (TPSA) is 44.9 Å². The molecule has 2 rings (SSSR count). The van der Waals surface area contributed by atoms with Gasteiger partial charge in [-0.15, -0.1) is 0 Å². The van der Waals surface area contributed by atoms with E-state index in [4.69, 9.17) is 0 Å². The van der Waals surface area contributed by atoms with Crippen molar-refractivity contribution in [2.24, 2.45) is 0 Å². The number of benzene rings is 1. The molecule has 2 aromatic rings. The molecule has 17 heavy (non-hydrogen) atoms. The van der Waals surface area contributed by atoms with Gasteiger partial charge in [-0.1, -0.05) is 12.1 Å². The Kier molecular flexibility index (Phi) is 3.23. The molecule has 0 radical (unpaired) electrons. The molecule has 1 amide bonds. The van der Waals surface area contributed by atoms with Crippen molar-refractivity contribution >= 4 is 11.6 Å². The van der Waals surface area contributed by atoms with E-state index in [0.717, 1.165) is 11.3 Å². The van der Waals surface area contributed by atoms with Crippen LogP contribution in [-0.2, 0) is 11.2 Å². The molecule has 0 unspecified atom stereocenters. The highest BCUT2D eigenvalue weighted by Crippen LogP contribution is 2.13. The van der Waals surface area contributed by atoms with Crippen LogP contribution in [0.4, 0.5) is 10.1 Å². The van der Waals surface area contributed by atoms with Gasteiger partial charge in [-0.2, -0.15) is 0 Å². The number of amides is 1. The van der Waals surface area contributed by atoms with E-state index < -0.39 is 5.82 Å². The van der Waals surface area contributed by atoms with Crippen molar-refractivity contribution in [3.63, 3.8) is 0 Å². The summed E-state index contributed by atoms with van der Waals surface area (Å²) < 4.78 is 13.3. The first-order valence-corrected chi connectivity index (χ1v) is 5.33. The zero-order valence-corrected chi connectivity index (χ0v) is 9.46. The van der Waals surface area contributed by atoms with Crippen LogP contribution in [0.1, 0.15) is 11.3 Å². The number of H-pyrrole nitrogens is 1. The molecule has 1 aromatic carbocycles. The molecule has 88 valence electrons. The summed E-state index contributed by atoms with van der Waals surface area (Å²) >= 11 is 0. The highest BCUT2D eigenvalue weighted by molar-refractivity contribution is 5.92. The van der Waals surface area contributed by atoms with E-state index in [-0.39, 0.29) is 18.0 Å². The molecule has 0 aliphatic rings. The highest BCUT2D eigenvalue weighted by atomic mass is 19.1. The summed E-state index contributed by atoms with van der Waals surface area (Å²) in [6.45, 7) is 1.91. The Morgan fingerprint density at radius 2 is 2.18 bits per heavy atom. The first-order chi connectivity index (χ1) is 8.15. The minimum atomic E-state index is -0.425. The third-order valence-electron chi connectivity index (χ3n) is 2.40. The van der Waals surface area contributed by atoms with Crippen molar-refractivity contribution < 1.29 is 9.18 Å². The van der Waals surface area contributed by atoms with Gasteiger partial charge in [0, 0.05) is 11.9 Å². The number of hydrogen-bond acceptors (Lipinski definition) is 1. The van der Waals surface area contributed by atoms with Gasteiger partial charge >= 0.3 is 0 Å². The molecule has 1 heterocycles. The SMILES string of the molecule is Cc1cc(CC(=O)Nc2ccccc2F)c[nH]1. The lowest BCUT2D eigenvalue weighted by molar-refractivity contribution is -0.115. The van der Waals surface area contributed by atoms with Gasteiger partial charge in [0.25, 0.3) is 0 Å². The maximum absolute atomic E-state index is 13.3.